The maximum absolute atomic E-state index is 12.4. The number of hydrogen-bond donors (Lipinski definition) is 1. The highest BCUT2D eigenvalue weighted by Gasteiger charge is 2.37. The van der Waals surface area contributed by atoms with E-state index in [9.17, 15) is 14.4 Å². The van der Waals surface area contributed by atoms with Crippen molar-refractivity contribution in [3.8, 4) is 11.3 Å². The van der Waals surface area contributed by atoms with E-state index in [1.807, 2.05) is 13.8 Å². The molecule has 1 aliphatic heterocycles. The molecule has 1 N–H and O–H groups in total. The van der Waals surface area contributed by atoms with Gasteiger partial charge in [-0.15, -0.1) is 0 Å². The Labute approximate surface area is 164 Å². The molecule has 0 aliphatic carbocycles. The molecule has 1 atom stereocenters. The molecule has 140 valence electrons. The number of thioether (sulfide) groups is 1. The number of carbonyl (C=O) groups is 3. The number of imide groups is 1. The van der Waals surface area contributed by atoms with Crippen molar-refractivity contribution in [3.05, 3.63) is 51.6 Å². The number of hydrogen-bond acceptors (Lipinski definition) is 5. The lowest BCUT2D eigenvalue weighted by Gasteiger charge is -2.19. The smallest absolute Gasteiger partial charge is 0.337 e. The van der Waals surface area contributed by atoms with Crippen LogP contribution in [0.4, 0.5) is 4.79 Å². The number of halogens is 1. The van der Waals surface area contributed by atoms with Crippen LogP contribution in [0.5, 0.6) is 0 Å². The second kappa shape index (κ2) is 7.62. The molecule has 1 fully saturated rings. The molecule has 0 spiro atoms. The minimum absolute atomic E-state index is 0.00548. The number of carboxylic acid groups (broad SMARTS) is 1. The third kappa shape index (κ3) is 3.79. The van der Waals surface area contributed by atoms with Crippen LogP contribution in [0, 0.1) is 0 Å². The van der Waals surface area contributed by atoms with E-state index >= 15 is 0 Å². The average Bonchev–Trinajstić information content (AvgIpc) is 3.19. The van der Waals surface area contributed by atoms with E-state index in [1.165, 1.54) is 23.1 Å². The maximum Gasteiger partial charge on any atom is 0.337 e. The molecule has 0 radical (unpaired) electrons. The number of benzene rings is 1. The second-order valence-corrected chi connectivity index (χ2v) is 7.41. The number of aromatic carboxylic acids is 1. The molecule has 2 aromatic rings. The SMILES string of the molecule is CC[C@H](C)N1C(=O)S/C(=C/c2ccc(-c3ccc(C(=O)O)c(Cl)c3)o2)C1=O. The Bertz CT molecular complexity index is 965. The third-order valence-electron chi connectivity index (χ3n) is 4.24. The Morgan fingerprint density at radius 2 is 2.07 bits per heavy atom. The highest BCUT2D eigenvalue weighted by Crippen LogP contribution is 2.35. The Morgan fingerprint density at radius 3 is 2.70 bits per heavy atom. The zero-order valence-corrected chi connectivity index (χ0v) is 16.1. The molecule has 2 heterocycles. The van der Waals surface area contributed by atoms with Crippen molar-refractivity contribution < 1.29 is 23.9 Å². The zero-order valence-electron chi connectivity index (χ0n) is 14.6. The van der Waals surface area contributed by atoms with E-state index in [0.717, 1.165) is 11.8 Å². The Balaban J connectivity index is 1.86. The number of furan rings is 1. The fraction of sp³-hybridized carbons (Fsp3) is 0.211. The van der Waals surface area contributed by atoms with Crippen LogP contribution in [-0.4, -0.2) is 33.2 Å². The van der Waals surface area contributed by atoms with Gasteiger partial charge >= 0.3 is 5.97 Å². The highest BCUT2D eigenvalue weighted by atomic mass is 35.5. The molecule has 6 nitrogen and oxygen atoms in total. The van der Waals surface area contributed by atoms with E-state index in [0.29, 0.717) is 28.4 Å². The molecule has 1 saturated heterocycles. The standard InChI is InChI=1S/C19H16ClNO5S/c1-3-10(2)21-17(22)16(27-19(21)25)9-12-5-7-15(26-12)11-4-6-13(18(23)24)14(20)8-11/h4-10H,3H2,1-2H3,(H,23,24)/b16-9+/t10-/m0/s1. The van der Waals surface area contributed by atoms with Crippen LogP contribution < -0.4 is 0 Å². The van der Waals surface area contributed by atoms with Gasteiger partial charge < -0.3 is 9.52 Å². The van der Waals surface area contributed by atoms with Crippen molar-refractivity contribution in [2.75, 3.05) is 0 Å². The molecule has 8 heteroatoms. The first-order valence-corrected chi connectivity index (χ1v) is 9.41. The summed E-state index contributed by atoms with van der Waals surface area (Å²) < 4.78 is 5.71. The predicted molar refractivity (Wildman–Crippen MR) is 104 cm³/mol. The third-order valence-corrected chi connectivity index (χ3v) is 5.44. The van der Waals surface area contributed by atoms with Gasteiger partial charge in [0.15, 0.2) is 0 Å². The average molecular weight is 406 g/mol. The first kappa shape index (κ1) is 19.3. The first-order chi connectivity index (χ1) is 12.8. The summed E-state index contributed by atoms with van der Waals surface area (Å²) >= 11 is 6.87. The van der Waals surface area contributed by atoms with Crippen LogP contribution in [0.3, 0.4) is 0 Å². The van der Waals surface area contributed by atoms with Gasteiger partial charge in [-0.05, 0) is 49.4 Å². The number of carboxylic acids is 1. The summed E-state index contributed by atoms with van der Waals surface area (Å²) in [4.78, 5) is 37.1. The van der Waals surface area contributed by atoms with Gasteiger partial charge in [0, 0.05) is 17.7 Å². The van der Waals surface area contributed by atoms with Gasteiger partial charge in [-0.2, -0.15) is 0 Å². The molecule has 1 aromatic carbocycles. The summed E-state index contributed by atoms with van der Waals surface area (Å²) in [6.45, 7) is 3.74. The lowest BCUT2D eigenvalue weighted by Crippen LogP contribution is -2.36. The van der Waals surface area contributed by atoms with Gasteiger partial charge in [0.2, 0.25) is 0 Å². The monoisotopic (exact) mass is 405 g/mol. The van der Waals surface area contributed by atoms with Crippen LogP contribution >= 0.6 is 23.4 Å². The number of carbonyl (C=O) groups excluding carboxylic acids is 2. The molecular weight excluding hydrogens is 390 g/mol. The normalized spacial score (nSPS) is 17.0. The van der Waals surface area contributed by atoms with Gasteiger partial charge in [-0.25, -0.2) is 4.79 Å². The lowest BCUT2D eigenvalue weighted by molar-refractivity contribution is -0.124. The highest BCUT2D eigenvalue weighted by molar-refractivity contribution is 8.18. The second-order valence-electron chi connectivity index (χ2n) is 6.01. The van der Waals surface area contributed by atoms with Crippen LogP contribution in [0.25, 0.3) is 17.4 Å². The molecule has 0 bridgehead atoms. The fourth-order valence-electron chi connectivity index (χ4n) is 2.60. The minimum atomic E-state index is -1.11. The van der Waals surface area contributed by atoms with E-state index in [1.54, 1.807) is 18.2 Å². The summed E-state index contributed by atoms with van der Waals surface area (Å²) in [6, 6.07) is 7.70. The zero-order chi connectivity index (χ0) is 19.7. The van der Waals surface area contributed by atoms with Crippen molar-refractivity contribution >= 4 is 46.6 Å². The molecule has 2 amide bonds. The summed E-state index contributed by atoms with van der Waals surface area (Å²) in [7, 11) is 0. The van der Waals surface area contributed by atoms with Crippen molar-refractivity contribution in [2.45, 2.75) is 26.3 Å². The number of amides is 2. The molecular formula is C19H16ClNO5S. The van der Waals surface area contributed by atoms with Gasteiger partial charge in [0.1, 0.15) is 11.5 Å². The van der Waals surface area contributed by atoms with Crippen LogP contribution in [-0.2, 0) is 4.79 Å². The largest absolute Gasteiger partial charge is 0.478 e. The Hall–Kier alpha value is -2.51. The molecule has 3 rings (SSSR count). The maximum atomic E-state index is 12.4. The molecule has 1 aromatic heterocycles. The van der Waals surface area contributed by atoms with Crippen LogP contribution in [0.1, 0.15) is 36.4 Å². The van der Waals surface area contributed by atoms with E-state index in [-0.39, 0.29) is 27.8 Å². The van der Waals surface area contributed by atoms with Crippen LogP contribution in [0.15, 0.2) is 39.7 Å². The van der Waals surface area contributed by atoms with E-state index in [2.05, 4.69) is 0 Å². The predicted octanol–water partition coefficient (Wildman–Crippen LogP) is 5.13. The van der Waals surface area contributed by atoms with Crippen molar-refractivity contribution in [1.82, 2.24) is 4.90 Å². The molecule has 1 aliphatic rings. The van der Waals surface area contributed by atoms with Gasteiger partial charge in [-0.1, -0.05) is 24.6 Å². The molecule has 27 heavy (non-hydrogen) atoms. The number of rotatable bonds is 5. The topological polar surface area (TPSA) is 87.8 Å². The summed E-state index contributed by atoms with van der Waals surface area (Å²) in [5.41, 5.74) is 0.614. The van der Waals surface area contributed by atoms with E-state index < -0.39 is 5.97 Å². The molecule has 0 unspecified atom stereocenters. The Morgan fingerprint density at radius 1 is 1.33 bits per heavy atom. The Kier molecular flexibility index (Phi) is 5.43. The van der Waals surface area contributed by atoms with Crippen molar-refractivity contribution in [3.63, 3.8) is 0 Å². The van der Waals surface area contributed by atoms with Gasteiger partial charge in [0.25, 0.3) is 11.1 Å². The first-order valence-electron chi connectivity index (χ1n) is 8.22. The van der Waals surface area contributed by atoms with Crippen molar-refractivity contribution in [2.24, 2.45) is 0 Å². The summed E-state index contributed by atoms with van der Waals surface area (Å²) in [6.07, 6.45) is 2.22. The number of nitrogens with zero attached hydrogens (tertiary/aromatic N) is 1. The summed E-state index contributed by atoms with van der Waals surface area (Å²) in [5, 5.41) is 8.85. The fourth-order valence-corrected chi connectivity index (χ4v) is 3.77. The van der Waals surface area contributed by atoms with Crippen molar-refractivity contribution in [1.29, 1.82) is 0 Å². The van der Waals surface area contributed by atoms with Gasteiger partial charge in [0.05, 0.1) is 15.5 Å². The quantitative estimate of drug-likeness (QED) is 0.693. The lowest BCUT2D eigenvalue weighted by atomic mass is 10.1. The summed E-state index contributed by atoms with van der Waals surface area (Å²) in [5.74, 6) is -0.547. The van der Waals surface area contributed by atoms with E-state index in [4.69, 9.17) is 21.1 Å². The molecule has 0 saturated carbocycles. The van der Waals surface area contributed by atoms with Gasteiger partial charge in [-0.3, -0.25) is 14.5 Å². The van der Waals surface area contributed by atoms with Crippen LogP contribution in [0.2, 0.25) is 5.02 Å². The minimum Gasteiger partial charge on any atom is -0.478 e.